The molecule has 0 unspecified atom stereocenters. The van der Waals surface area contributed by atoms with E-state index in [2.05, 4.69) is 46.6 Å². The standard InChI is InChI=1S/C18H10N2O/c21-15-9-11-8-10-4-3-7-13-12-5-1-2-6-14(12)17(16(10)13)18(11)20-19-15/h1-9H,(H,19,21). The summed E-state index contributed by atoms with van der Waals surface area (Å²) in [6.07, 6.45) is 0. The van der Waals surface area contributed by atoms with Crippen LogP contribution in [-0.4, -0.2) is 10.2 Å². The molecule has 1 aliphatic carbocycles. The Bertz CT molecular complexity index is 1110. The Morgan fingerprint density at radius 2 is 1.62 bits per heavy atom. The van der Waals surface area contributed by atoms with Crippen LogP contribution in [0.25, 0.3) is 43.9 Å². The molecule has 0 amide bonds. The molecule has 0 radical (unpaired) electrons. The van der Waals surface area contributed by atoms with Gasteiger partial charge in [0.25, 0.3) is 5.56 Å². The average Bonchev–Trinajstić information content (AvgIpc) is 2.84. The van der Waals surface area contributed by atoms with Gasteiger partial charge in [0.05, 0.1) is 5.52 Å². The Morgan fingerprint density at radius 1 is 0.810 bits per heavy atom. The summed E-state index contributed by atoms with van der Waals surface area (Å²) in [5.41, 5.74) is 5.49. The number of fused-ring (bicyclic) bond motifs is 5. The summed E-state index contributed by atoms with van der Waals surface area (Å²) >= 11 is 0. The van der Waals surface area contributed by atoms with Crippen LogP contribution in [-0.2, 0) is 0 Å². The van der Waals surface area contributed by atoms with Crippen molar-refractivity contribution < 1.29 is 0 Å². The first kappa shape index (κ1) is 10.8. The highest BCUT2D eigenvalue weighted by Crippen LogP contribution is 2.49. The van der Waals surface area contributed by atoms with Crippen LogP contribution in [0, 0.1) is 0 Å². The summed E-state index contributed by atoms with van der Waals surface area (Å²) in [5, 5.41) is 10.1. The first-order valence-electron chi connectivity index (χ1n) is 6.88. The van der Waals surface area contributed by atoms with Gasteiger partial charge in [0.2, 0.25) is 0 Å². The fraction of sp³-hybridized carbons (Fsp3) is 0. The molecule has 0 atom stereocenters. The number of hydrogen-bond donors (Lipinski definition) is 1. The van der Waals surface area contributed by atoms with Crippen molar-refractivity contribution >= 4 is 21.7 Å². The first-order valence-corrected chi connectivity index (χ1v) is 6.88. The van der Waals surface area contributed by atoms with Gasteiger partial charge in [0, 0.05) is 17.0 Å². The summed E-state index contributed by atoms with van der Waals surface area (Å²) in [4.78, 5) is 11.6. The lowest BCUT2D eigenvalue weighted by Gasteiger charge is -2.06. The molecule has 21 heavy (non-hydrogen) atoms. The molecule has 5 rings (SSSR count). The van der Waals surface area contributed by atoms with Gasteiger partial charge in [-0.3, -0.25) is 4.79 Å². The van der Waals surface area contributed by atoms with E-state index in [0.29, 0.717) is 0 Å². The Balaban J connectivity index is 2.14. The monoisotopic (exact) mass is 270 g/mol. The Kier molecular flexibility index (Phi) is 1.84. The number of aromatic amines is 1. The minimum atomic E-state index is -0.170. The van der Waals surface area contributed by atoms with E-state index >= 15 is 0 Å². The van der Waals surface area contributed by atoms with Gasteiger partial charge < -0.3 is 0 Å². The second-order valence-electron chi connectivity index (χ2n) is 5.37. The molecule has 0 bridgehead atoms. The predicted octanol–water partition coefficient (Wildman–Crippen LogP) is 3.72. The van der Waals surface area contributed by atoms with Crippen molar-refractivity contribution in [3.05, 3.63) is 65.0 Å². The third-order valence-electron chi connectivity index (χ3n) is 4.22. The highest BCUT2D eigenvalue weighted by Gasteiger charge is 2.23. The number of rotatable bonds is 0. The van der Waals surface area contributed by atoms with Crippen LogP contribution in [0.5, 0.6) is 0 Å². The highest BCUT2D eigenvalue weighted by atomic mass is 16.1. The first-order chi connectivity index (χ1) is 10.3. The summed E-state index contributed by atoms with van der Waals surface area (Å²) in [5.74, 6) is 0. The van der Waals surface area contributed by atoms with Crippen LogP contribution in [0.3, 0.4) is 0 Å². The molecule has 0 aliphatic heterocycles. The van der Waals surface area contributed by atoms with E-state index < -0.39 is 0 Å². The fourth-order valence-electron chi connectivity index (χ4n) is 3.41. The SMILES string of the molecule is O=c1cc2cc3cccc4c3c(c2n[nH]1)-c1ccccc1-4. The molecule has 0 saturated heterocycles. The number of nitrogens with zero attached hydrogens (tertiary/aromatic N) is 1. The zero-order valence-electron chi connectivity index (χ0n) is 11.1. The van der Waals surface area contributed by atoms with Gasteiger partial charge >= 0.3 is 0 Å². The van der Waals surface area contributed by atoms with Crippen molar-refractivity contribution in [2.75, 3.05) is 0 Å². The molecule has 1 aromatic heterocycles. The molecule has 3 heteroatoms. The average molecular weight is 270 g/mol. The van der Waals surface area contributed by atoms with Gasteiger partial charge in [-0.1, -0.05) is 42.5 Å². The van der Waals surface area contributed by atoms with Crippen molar-refractivity contribution in [2.45, 2.75) is 0 Å². The molecule has 4 aromatic rings. The number of benzene rings is 3. The normalized spacial score (nSPS) is 12.0. The summed E-state index contributed by atoms with van der Waals surface area (Å²) < 4.78 is 0. The van der Waals surface area contributed by atoms with Crippen molar-refractivity contribution in [3.63, 3.8) is 0 Å². The maximum atomic E-state index is 11.6. The number of nitrogens with one attached hydrogen (secondary N) is 1. The second kappa shape index (κ2) is 3.58. The molecule has 1 N–H and O–H groups in total. The van der Waals surface area contributed by atoms with Crippen LogP contribution in [0.2, 0.25) is 0 Å². The fourth-order valence-corrected chi connectivity index (χ4v) is 3.41. The molecule has 0 saturated carbocycles. The van der Waals surface area contributed by atoms with Gasteiger partial charge in [0.1, 0.15) is 0 Å². The van der Waals surface area contributed by atoms with E-state index in [1.165, 1.54) is 22.1 Å². The van der Waals surface area contributed by atoms with Crippen molar-refractivity contribution in [2.24, 2.45) is 0 Å². The molecule has 3 nitrogen and oxygen atoms in total. The van der Waals surface area contributed by atoms with Crippen LogP contribution in [0.1, 0.15) is 0 Å². The lowest BCUT2D eigenvalue weighted by Crippen LogP contribution is -2.05. The molecule has 0 fully saturated rings. The van der Waals surface area contributed by atoms with Gasteiger partial charge in [-0.25, -0.2) is 5.10 Å². The van der Waals surface area contributed by atoms with Crippen molar-refractivity contribution in [1.29, 1.82) is 0 Å². The topological polar surface area (TPSA) is 45.8 Å². The predicted molar refractivity (Wildman–Crippen MR) is 84.3 cm³/mol. The minimum absolute atomic E-state index is 0.170. The zero-order chi connectivity index (χ0) is 14.0. The van der Waals surface area contributed by atoms with Crippen LogP contribution >= 0.6 is 0 Å². The quantitative estimate of drug-likeness (QED) is 0.436. The van der Waals surface area contributed by atoms with Crippen molar-refractivity contribution in [3.8, 4) is 22.3 Å². The van der Waals surface area contributed by atoms with E-state index in [0.717, 1.165) is 21.9 Å². The van der Waals surface area contributed by atoms with E-state index in [4.69, 9.17) is 0 Å². The molecule has 3 aromatic carbocycles. The maximum absolute atomic E-state index is 11.6. The van der Waals surface area contributed by atoms with Gasteiger partial charge in [-0.2, -0.15) is 5.10 Å². The zero-order valence-corrected chi connectivity index (χ0v) is 11.1. The lowest BCUT2D eigenvalue weighted by atomic mass is 10.00. The third-order valence-corrected chi connectivity index (χ3v) is 4.22. The molecule has 1 aliphatic rings. The molecule has 1 heterocycles. The summed E-state index contributed by atoms with van der Waals surface area (Å²) in [7, 11) is 0. The maximum Gasteiger partial charge on any atom is 0.264 e. The highest BCUT2D eigenvalue weighted by molar-refractivity contribution is 6.22. The number of aromatic nitrogens is 2. The molecule has 0 spiro atoms. The lowest BCUT2D eigenvalue weighted by molar-refractivity contribution is 1.03. The summed E-state index contributed by atoms with van der Waals surface area (Å²) in [6, 6.07) is 18.3. The Labute approximate surface area is 119 Å². The van der Waals surface area contributed by atoms with Gasteiger partial charge in [0.15, 0.2) is 0 Å². The van der Waals surface area contributed by atoms with Crippen LogP contribution < -0.4 is 5.56 Å². The van der Waals surface area contributed by atoms with Gasteiger partial charge in [-0.15, -0.1) is 0 Å². The number of hydrogen-bond acceptors (Lipinski definition) is 2. The Morgan fingerprint density at radius 3 is 2.52 bits per heavy atom. The van der Waals surface area contributed by atoms with Gasteiger partial charge in [-0.05, 0) is 33.5 Å². The Hall–Kier alpha value is -2.94. The molecular weight excluding hydrogens is 260 g/mol. The molecule has 98 valence electrons. The van der Waals surface area contributed by atoms with E-state index in [9.17, 15) is 4.79 Å². The largest absolute Gasteiger partial charge is 0.268 e. The van der Waals surface area contributed by atoms with E-state index in [1.807, 2.05) is 12.1 Å². The van der Waals surface area contributed by atoms with Crippen LogP contribution in [0.4, 0.5) is 0 Å². The summed E-state index contributed by atoms with van der Waals surface area (Å²) in [6.45, 7) is 0. The molecular formula is C18H10N2O. The third kappa shape index (κ3) is 1.28. The van der Waals surface area contributed by atoms with Crippen molar-refractivity contribution in [1.82, 2.24) is 10.2 Å². The number of H-pyrrole nitrogens is 1. The van der Waals surface area contributed by atoms with E-state index in [-0.39, 0.29) is 5.56 Å². The second-order valence-corrected chi connectivity index (χ2v) is 5.37. The smallest absolute Gasteiger partial charge is 0.264 e. The van der Waals surface area contributed by atoms with Crippen LogP contribution in [0.15, 0.2) is 59.4 Å². The minimum Gasteiger partial charge on any atom is -0.268 e. The van der Waals surface area contributed by atoms with E-state index in [1.54, 1.807) is 6.07 Å².